The number of rotatable bonds is 6. The predicted octanol–water partition coefficient (Wildman–Crippen LogP) is 1.65. The molecule has 136 valence electrons. The second kappa shape index (κ2) is 9.33. The van der Waals surface area contributed by atoms with Crippen LogP contribution in [0.1, 0.15) is 28.4 Å². The molecule has 0 saturated carbocycles. The summed E-state index contributed by atoms with van der Waals surface area (Å²) in [6.07, 6.45) is -0.429. The molecule has 2 aromatic carbocycles. The van der Waals surface area contributed by atoms with Gasteiger partial charge in [-0.3, -0.25) is 9.59 Å². The summed E-state index contributed by atoms with van der Waals surface area (Å²) in [5, 5.41) is 14.9. The molecule has 0 aliphatic heterocycles. The SMILES string of the molecule is COC(=O)c1ccc(NC(=O)C(=O)NCC[C@@H](O)c2ccccc2)cc1. The molecule has 0 saturated heterocycles. The lowest BCUT2D eigenvalue weighted by Gasteiger charge is -2.11. The summed E-state index contributed by atoms with van der Waals surface area (Å²) in [5.41, 5.74) is 1.46. The summed E-state index contributed by atoms with van der Waals surface area (Å²) in [6, 6.07) is 15.0. The minimum absolute atomic E-state index is 0.156. The molecule has 0 fully saturated rings. The molecule has 7 heteroatoms. The van der Waals surface area contributed by atoms with Crippen LogP contribution < -0.4 is 10.6 Å². The highest BCUT2D eigenvalue weighted by Crippen LogP contribution is 2.15. The van der Waals surface area contributed by atoms with Crippen molar-refractivity contribution in [1.29, 1.82) is 0 Å². The van der Waals surface area contributed by atoms with Gasteiger partial charge in [-0.1, -0.05) is 30.3 Å². The van der Waals surface area contributed by atoms with Crippen LogP contribution in [0.4, 0.5) is 5.69 Å². The molecule has 1 atom stereocenters. The summed E-state index contributed by atoms with van der Waals surface area (Å²) in [5.74, 6) is -2.12. The summed E-state index contributed by atoms with van der Waals surface area (Å²) >= 11 is 0. The Hall–Kier alpha value is -3.19. The molecule has 2 rings (SSSR count). The van der Waals surface area contributed by atoms with E-state index in [2.05, 4.69) is 15.4 Å². The zero-order chi connectivity index (χ0) is 18.9. The summed E-state index contributed by atoms with van der Waals surface area (Å²) < 4.78 is 4.58. The molecular formula is C19H20N2O5. The van der Waals surface area contributed by atoms with Crippen LogP contribution >= 0.6 is 0 Å². The molecule has 2 aromatic rings. The van der Waals surface area contributed by atoms with Crippen LogP contribution in [0.15, 0.2) is 54.6 Å². The van der Waals surface area contributed by atoms with Crippen LogP contribution in [0, 0.1) is 0 Å². The zero-order valence-electron chi connectivity index (χ0n) is 14.3. The van der Waals surface area contributed by atoms with E-state index in [9.17, 15) is 19.5 Å². The highest BCUT2D eigenvalue weighted by Gasteiger charge is 2.15. The molecule has 0 unspecified atom stereocenters. The van der Waals surface area contributed by atoms with Crippen molar-refractivity contribution in [2.24, 2.45) is 0 Å². The summed E-state index contributed by atoms with van der Waals surface area (Å²) in [4.78, 5) is 35.0. The molecule has 0 aliphatic rings. The number of carbonyl (C=O) groups excluding carboxylic acids is 3. The van der Waals surface area contributed by atoms with E-state index < -0.39 is 23.9 Å². The van der Waals surface area contributed by atoms with Crippen LogP contribution in [-0.4, -0.2) is 36.5 Å². The largest absolute Gasteiger partial charge is 0.465 e. The first-order valence-corrected chi connectivity index (χ1v) is 8.02. The van der Waals surface area contributed by atoms with Gasteiger partial charge in [-0.25, -0.2) is 4.79 Å². The number of ether oxygens (including phenoxy) is 1. The van der Waals surface area contributed by atoms with Gasteiger partial charge in [-0.2, -0.15) is 0 Å². The average molecular weight is 356 g/mol. The quantitative estimate of drug-likeness (QED) is 0.539. The minimum atomic E-state index is -0.829. The lowest BCUT2D eigenvalue weighted by Crippen LogP contribution is -2.36. The Morgan fingerprint density at radius 2 is 1.65 bits per heavy atom. The highest BCUT2D eigenvalue weighted by molar-refractivity contribution is 6.39. The second-order valence-corrected chi connectivity index (χ2v) is 5.49. The van der Waals surface area contributed by atoms with Crippen LogP contribution in [0.5, 0.6) is 0 Å². The van der Waals surface area contributed by atoms with Gasteiger partial charge >= 0.3 is 17.8 Å². The van der Waals surface area contributed by atoms with Crippen LogP contribution in [0.3, 0.4) is 0 Å². The van der Waals surface area contributed by atoms with Crippen molar-refractivity contribution in [1.82, 2.24) is 5.32 Å². The maximum Gasteiger partial charge on any atom is 0.337 e. The number of benzene rings is 2. The molecule has 0 aliphatic carbocycles. The van der Waals surface area contributed by atoms with Crippen molar-refractivity contribution in [3.63, 3.8) is 0 Å². The van der Waals surface area contributed by atoms with Gasteiger partial charge in [0.2, 0.25) is 0 Å². The number of hydrogen-bond acceptors (Lipinski definition) is 5. The van der Waals surface area contributed by atoms with Gasteiger partial charge in [0, 0.05) is 12.2 Å². The first kappa shape index (κ1) is 19.1. The van der Waals surface area contributed by atoms with E-state index in [0.29, 0.717) is 11.3 Å². The molecular weight excluding hydrogens is 336 g/mol. The van der Waals surface area contributed by atoms with Gasteiger partial charge in [0.15, 0.2) is 0 Å². The lowest BCUT2D eigenvalue weighted by atomic mass is 10.1. The van der Waals surface area contributed by atoms with Gasteiger partial charge in [-0.05, 0) is 36.2 Å². The molecule has 0 bridgehead atoms. The van der Waals surface area contributed by atoms with Crippen molar-refractivity contribution in [2.45, 2.75) is 12.5 Å². The predicted molar refractivity (Wildman–Crippen MR) is 95.4 cm³/mol. The van der Waals surface area contributed by atoms with Crippen LogP contribution in [0.2, 0.25) is 0 Å². The molecule has 0 aromatic heterocycles. The Labute approximate surface area is 151 Å². The van der Waals surface area contributed by atoms with E-state index in [1.54, 1.807) is 12.1 Å². The smallest absolute Gasteiger partial charge is 0.337 e. The van der Waals surface area contributed by atoms with Gasteiger partial charge in [0.25, 0.3) is 0 Å². The number of esters is 1. The maximum absolute atomic E-state index is 11.9. The third-order valence-electron chi connectivity index (χ3n) is 3.66. The first-order chi connectivity index (χ1) is 12.5. The van der Waals surface area contributed by atoms with E-state index in [1.807, 2.05) is 18.2 Å². The van der Waals surface area contributed by atoms with Crippen molar-refractivity contribution in [2.75, 3.05) is 19.0 Å². The van der Waals surface area contributed by atoms with E-state index in [0.717, 1.165) is 5.56 Å². The number of aliphatic hydroxyl groups is 1. The molecule has 2 amide bonds. The molecule has 0 radical (unpaired) electrons. The van der Waals surface area contributed by atoms with Crippen molar-refractivity contribution >= 4 is 23.5 Å². The van der Waals surface area contributed by atoms with Crippen molar-refractivity contribution in [3.05, 3.63) is 65.7 Å². The Bertz CT molecular complexity index is 759. The van der Waals surface area contributed by atoms with Crippen molar-refractivity contribution in [3.8, 4) is 0 Å². The number of carbonyl (C=O) groups is 3. The Morgan fingerprint density at radius 1 is 1.00 bits per heavy atom. The van der Waals surface area contributed by atoms with E-state index >= 15 is 0 Å². The number of nitrogens with one attached hydrogen (secondary N) is 2. The molecule has 7 nitrogen and oxygen atoms in total. The van der Waals surface area contributed by atoms with Crippen molar-refractivity contribution < 1.29 is 24.2 Å². The highest BCUT2D eigenvalue weighted by atomic mass is 16.5. The Kier molecular flexibility index (Phi) is 6.87. The number of hydrogen-bond donors (Lipinski definition) is 3. The number of aliphatic hydroxyl groups excluding tert-OH is 1. The average Bonchev–Trinajstić information content (AvgIpc) is 2.68. The molecule has 0 heterocycles. The number of amides is 2. The summed E-state index contributed by atoms with van der Waals surface area (Å²) in [7, 11) is 1.27. The minimum Gasteiger partial charge on any atom is -0.465 e. The topological polar surface area (TPSA) is 105 Å². The van der Waals surface area contributed by atoms with E-state index in [1.165, 1.54) is 31.4 Å². The third-order valence-corrected chi connectivity index (χ3v) is 3.66. The fraction of sp³-hybridized carbons (Fsp3) is 0.211. The van der Waals surface area contributed by atoms with Gasteiger partial charge in [0.05, 0.1) is 18.8 Å². The number of methoxy groups -OCH3 is 1. The van der Waals surface area contributed by atoms with Gasteiger partial charge in [-0.15, -0.1) is 0 Å². The van der Waals surface area contributed by atoms with Gasteiger partial charge in [0.1, 0.15) is 0 Å². The van der Waals surface area contributed by atoms with Gasteiger partial charge < -0.3 is 20.5 Å². The standard InChI is InChI=1S/C19H20N2O5/c1-26-19(25)14-7-9-15(10-8-14)21-18(24)17(23)20-12-11-16(22)13-5-3-2-4-6-13/h2-10,16,22H,11-12H2,1H3,(H,20,23)(H,21,24)/t16-/m1/s1. The first-order valence-electron chi connectivity index (χ1n) is 8.02. The van der Waals surface area contributed by atoms with Crippen LogP contribution in [-0.2, 0) is 14.3 Å². The Balaban J connectivity index is 1.78. The fourth-order valence-electron chi connectivity index (χ4n) is 2.24. The maximum atomic E-state index is 11.9. The Morgan fingerprint density at radius 3 is 2.27 bits per heavy atom. The zero-order valence-corrected chi connectivity index (χ0v) is 14.3. The molecule has 26 heavy (non-hydrogen) atoms. The third kappa shape index (κ3) is 5.42. The lowest BCUT2D eigenvalue weighted by molar-refractivity contribution is -0.136. The summed E-state index contributed by atoms with van der Waals surface area (Å²) in [6.45, 7) is 0.156. The van der Waals surface area contributed by atoms with E-state index in [4.69, 9.17) is 0 Å². The normalized spacial score (nSPS) is 11.3. The second-order valence-electron chi connectivity index (χ2n) is 5.49. The monoisotopic (exact) mass is 356 g/mol. The number of anilines is 1. The molecule has 0 spiro atoms. The molecule has 3 N–H and O–H groups in total. The van der Waals surface area contributed by atoms with Crippen LogP contribution in [0.25, 0.3) is 0 Å². The fourth-order valence-corrected chi connectivity index (χ4v) is 2.24. The van der Waals surface area contributed by atoms with E-state index in [-0.39, 0.29) is 13.0 Å².